The molecule has 0 N–H and O–H groups in total. The van der Waals surface area contributed by atoms with Crippen molar-refractivity contribution in [2.24, 2.45) is 0 Å². The van der Waals surface area contributed by atoms with Gasteiger partial charge in [0.05, 0.1) is 22.1 Å². The van der Waals surface area contributed by atoms with E-state index in [-0.39, 0.29) is 0 Å². The van der Waals surface area contributed by atoms with Crippen LogP contribution in [0.25, 0.3) is 111 Å². The minimum atomic E-state index is 0.622. The van der Waals surface area contributed by atoms with E-state index >= 15 is 0 Å². The maximum absolute atomic E-state index is 5.16. The molecule has 12 rings (SSSR count). The monoisotopic (exact) mass is 847 g/mol. The van der Waals surface area contributed by atoms with Crippen molar-refractivity contribution >= 4 is 43.6 Å². The molecule has 314 valence electrons. The summed E-state index contributed by atoms with van der Waals surface area (Å²) in [7, 11) is 0. The van der Waals surface area contributed by atoms with E-state index in [4.69, 9.17) is 15.0 Å². The standard InChI is InChI=1S/C61H45N5/c1-38-13-11-14-39(2)57(38)42-23-27-44(28-24-42)59-62-60(45-29-25-43(26-30-45)58-40(3)15-12-16-41(58)4)64-61(63-59)46-31-33-47(34-32-46)65-55-22-10-7-19-51(55)52-37-48(35-36-56(52)65)66-53-20-8-5-17-49(53)50-18-6-9-21-54(50)66/h5-37H,1-4H3. The van der Waals surface area contributed by atoms with E-state index in [0.717, 1.165) is 39.1 Å². The minimum Gasteiger partial charge on any atom is -0.309 e. The van der Waals surface area contributed by atoms with Crippen LogP contribution in [0.2, 0.25) is 0 Å². The summed E-state index contributed by atoms with van der Waals surface area (Å²) in [5, 5.41) is 4.92. The summed E-state index contributed by atoms with van der Waals surface area (Å²) in [5.74, 6) is 1.89. The van der Waals surface area contributed by atoms with Crippen molar-refractivity contribution < 1.29 is 0 Å². The van der Waals surface area contributed by atoms with E-state index in [2.05, 4.69) is 237 Å². The van der Waals surface area contributed by atoms with Gasteiger partial charge in [0.1, 0.15) is 0 Å². The predicted octanol–water partition coefficient (Wildman–Crippen LogP) is 15.6. The molecule has 0 aliphatic heterocycles. The van der Waals surface area contributed by atoms with E-state index in [1.165, 1.54) is 77.1 Å². The van der Waals surface area contributed by atoms with Crippen LogP contribution in [0.1, 0.15) is 22.3 Å². The van der Waals surface area contributed by atoms with Gasteiger partial charge in [-0.3, -0.25) is 0 Å². The first-order valence-corrected chi connectivity index (χ1v) is 22.6. The summed E-state index contributed by atoms with van der Waals surface area (Å²) in [6.07, 6.45) is 0. The Labute approximate surface area is 384 Å². The molecule has 0 bridgehead atoms. The maximum Gasteiger partial charge on any atom is 0.164 e. The number of fused-ring (bicyclic) bond motifs is 6. The van der Waals surface area contributed by atoms with Gasteiger partial charge in [-0.2, -0.15) is 0 Å². The lowest BCUT2D eigenvalue weighted by Gasteiger charge is -2.13. The van der Waals surface area contributed by atoms with Gasteiger partial charge in [0.2, 0.25) is 0 Å². The third kappa shape index (κ3) is 6.50. The highest BCUT2D eigenvalue weighted by atomic mass is 15.0. The molecule has 0 spiro atoms. The van der Waals surface area contributed by atoms with Crippen molar-refractivity contribution in [3.8, 4) is 67.8 Å². The van der Waals surface area contributed by atoms with E-state index in [1.54, 1.807) is 0 Å². The van der Waals surface area contributed by atoms with E-state index in [0.29, 0.717) is 17.5 Å². The Morgan fingerprint density at radius 3 is 1.02 bits per heavy atom. The number of hydrogen-bond acceptors (Lipinski definition) is 3. The molecule has 0 saturated heterocycles. The van der Waals surface area contributed by atoms with Crippen LogP contribution in [-0.4, -0.2) is 24.1 Å². The molecule has 12 aromatic rings. The molecular formula is C61H45N5. The molecule has 0 atom stereocenters. The minimum absolute atomic E-state index is 0.622. The lowest BCUT2D eigenvalue weighted by Crippen LogP contribution is -2.01. The van der Waals surface area contributed by atoms with Gasteiger partial charge in [-0.1, -0.05) is 140 Å². The van der Waals surface area contributed by atoms with Gasteiger partial charge in [-0.15, -0.1) is 0 Å². The summed E-state index contributed by atoms with van der Waals surface area (Å²) in [5.41, 5.74) is 19.6. The molecule has 0 unspecified atom stereocenters. The molecular weight excluding hydrogens is 803 g/mol. The number of para-hydroxylation sites is 3. The Balaban J connectivity index is 0.955. The number of hydrogen-bond donors (Lipinski definition) is 0. The molecule has 0 amide bonds. The van der Waals surface area contributed by atoms with Crippen LogP contribution in [0.5, 0.6) is 0 Å². The number of nitrogens with zero attached hydrogens (tertiary/aromatic N) is 5. The van der Waals surface area contributed by atoms with Crippen LogP contribution in [-0.2, 0) is 0 Å². The summed E-state index contributed by atoms with van der Waals surface area (Å²) >= 11 is 0. The van der Waals surface area contributed by atoms with Crippen molar-refractivity contribution in [1.82, 2.24) is 24.1 Å². The second-order valence-corrected chi connectivity index (χ2v) is 17.5. The molecule has 66 heavy (non-hydrogen) atoms. The van der Waals surface area contributed by atoms with Gasteiger partial charge in [-0.05, 0) is 133 Å². The maximum atomic E-state index is 5.16. The molecule has 0 fully saturated rings. The normalized spacial score (nSPS) is 11.6. The lowest BCUT2D eigenvalue weighted by atomic mass is 9.95. The van der Waals surface area contributed by atoms with Gasteiger partial charge in [0.15, 0.2) is 17.5 Å². The second kappa shape index (κ2) is 15.7. The quantitative estimate of drug-likeness (QED) is 0.161. The third-order valence-corrected chi connectivity index (χ3v) is 13.3. The van der Waals surface area contributed by atoms with E-state index in [1.807, 2.05) is 0 Å². The Hall–Kier alpha value is -8.41. The molecule has 0 aliphatic rings. The highest BCUT2D eigenvalue weighted by Crippen LogP contribution is 2.38. The van der Waals surface area contributed by atoms with Crippen molar-refractivity contribution in [3.05, 3.63) is 222 Å². The molecule has 0 saturated carbocycles. The van der Waals surface area contributed by atoms with E-state index < -0.39 is 0 Å². The second-order valence-electron chi connectivity index (χ2n) is 17.5. The fourth-order valence-corrected chi connectivity index (χ4v) is 10.2. The topological polar surface area (TPSA) is 48.5 Å². The number of aryl methyl sites for hydroxylation is 4. The average Bonchev–Trinajstić information content (AvgIpc) is 3.87. The van der Waals surface area contributed by atoms with Crippen molar-refractivity contribution in [3.63, 3.8) is 0 Å². The summed E-state index contributed by atoms with van der Waals surface area (Å²) in [4.78, 5) is 15.5. The number of aromatic nitrogens is 5. The smallest absolute Gasteiger partial charge is 0.164 e. The SMILES string of the molecule is Cc1cccc(C)c1-c1ccc(-c2nc(-c3ccc(-c4c(C)cccc4C)cc3)nc(-c3ccc(-n4c5ccccc5c5cc(-n6c7ccccc7c7ccccc76)ccc54)cc3)n2)cc1. The highest BCUT2D eigenvalue weighted by molar-refractivity contribution is 6.12. The molecule has 0 aliphatic carbocycles. The average molecular weight is 848 g/mol. The van der Waals surface area contributed by atoms with E-state index in [9.17, 15) is 0 Å². The first-order valence-electron chi connectivity index (χ1n) is 22.6. The van der Waals surface area contributed by atoms with Crippen LogP contribution in [0.4, 0.5) is 0 Å². The fourth-order valence-electron chi connectivity index (χ4n) is 10.2. The summed E-state index contributed by atoms with van der Waals surface area (Å²) in [6, 6.07) is 71.7. The van der Waals surface area contributed by atoms with Crippen LogP contribution < -0.4 is 0 Å². The van der Waals surface area contributed by atoms with Crippen LogP contribution in [0.3, 0.4) is 0 Å². The first-order chi connectivity index (χ1) is 32.4. The number of rotatable bonds is 7. The zero-order valence-corrected chi connectivity index (χ0v) is 37.3. The highest BCUT2D eigenvalue weighted by Gasteiger charge is 2.18. The van der Waals surface area contributed by atoms with Gasteiger partial charge in [0.25, 0.3) is 0 Å². The Morgan fingerprint density at radius 2 is 0.591 bits per heavy atom. The van der Waals surface area contributed by atoms with Crippen LogP contribution in [0, 0.1) is 27.7 Å². The largest absolute Gasteiger partial charge is 0.309 e. The molecule has 3 heterocycles. The molecule has 5 nitrogen and oxygen atoms in total. The van der Waals surface area contributed by atoms with Gasteiger partial charge in [0, 0.05) is 49.6 Å². The molecule has 0 radical (unpaired) electrons. The molecule has 3 aromatic heterocycles. The van der Waals surface area contributed by atoms with Crippen molar-refractivity contribution in [2.45, 2.75) is 27.7 Å². The molecule has 9 aromatic carbocycles. The summed E-state index contributed by atoms with van der Waals surface area (Å²) in [6.45, 7) is 8.68. The zero-order chi connectivity index (χ0) is 44.5. The lowest BCUT2D eigenvalue weighted by molar-refractivity contribution is 1.07. The van der Waals surface area contributed by atoms with Crippen molar-refractivity contribution in [2.75, 3.05) is 0 Å². The predicted molar refractivity (Wildman–Crippen MR) is 275 cm³/mol. The Morgan fingerprint density at radius 1 is 0.273 bits per heavy atom. The van der Waals surface area contributed by atoms with Gasteiger partial charge >= 0.3 is 0 Å². The first kappa shape index (κ1) is 39.2. The van der Waals surface area contributed by atoms with Gasteiger partial charge in [-0.25, -0.2) is 15.0 Å². The van der Waals surface area contributed by atoms with Gasteiger partial charge < -0.3 is 9.13 Å². The van der Waals surface area contributed by atoms with Crippen LogP contribution in [0.15, 0.2) is 200 Å². The van der Waals surface area contributed by atoms with Crippen LogP contribution >= 0.6 is 0 Å². The third-order valence-electron chi connectivity index (χ3n) is 13.3. The number of benzene rings is 9. The zero-order valence-electron chi connectivity index (χ0n) is 37.3. The molecule has 5 heteroatoms. The fraction of sp³-hybridized carbons (Fsp3) is 0.0656. The Bertz CT molecular complexity index is 3630. The Kier molecular flexibility index (Phi) is 9.32. The van der Waals surface area contributed by atoms with Crippen molar-refractivity contribution in [1.29, 1.82) is 0 Å². The summed E-state index contributed by atoms with van der Waals surface area (Å²) < 4.78 is 4.76.